The van der Waals surface area contributed by atoms with Gasteiger partial charge in [-0.25, -0.2) is 4.98 Å². The number of hydrogen-bond donors (Lipinski definition) is 2. The molecule has 1 aromatic carbocycles. The smallest absolute Gasteiger partial charge is 0.273 e. The van der Waals surface area contributed by atoms with Gasteiger partial charge < -0.3 is 19.8 Å². The minimum atomic E-state index is -0.208. The number of benzene rings is 1. The van der Waals surface area contributed by atoms with Gasteiger partial charge in [-0.05, 0) is 43.5 Å². The monoisotopic (exact) mass is 315 g/mol. The molecule has 1 saturated heterocycles. The van der Waals surface area contributed by atoms with Gasteiger partial charge in [-0.1, -0.05) is 12.1 Å². The fourth-order valence-corrected chi connectivity index (χ4v) is 2.69. The van der Waals surface area contributed by atoms with Gasteiger partial charge in [0.05, 0.1) is 13.2 Å². The SMILES string of the molecule is COc1cccc(CCNC(=O)c2coc(C3CCCN3)n2)c1. The second-order valence-corrected chi connectivity index (χ2v) is 5.58. The summed E-state index contributed by atoms with van der Waals surface area (Å²) in [6.07, 6.45) is 4.26. The second-order valence-electron chi connectivity index (χ2n) is 5.58. The third kappa shape index (κ3) is 3.90. The number of amides is 1. The van der Waals surface area contributed by atoms with Crippen LogP contribution in [0.15, 0.2) is 34.9 Å². The zero-order valence-corrected chi connectivity index (χ0v) is 13.2. The molecule has 1 aliphatic rings. The largest absolute Gasteiger partial charge is 0.497 e. The molecular weight excluding hydrogens is 294 g/mol. The number of carbonyl (C=O) groups is 1. The second kappa shape index (κ2) is 7.28. The standard InChI is InChI=1S/C17H21N3O3/c1-22-13-5-2-4-12(10-13)7-9-19-16(21)15-11-23-17(20-15)14-6-3-8-18-14/h2,4-5,10-11,14,18H,3,6-9H2,1H3,(H,19,21). The molecule has 1 aliphatic heterocycles. The van der Waals surface area contributed by atoms with Crippen LogP contribution in [0.25, 0.3) is 0 Å². The third-order valence-corrected chi connectivity index (χ3v) is 3.95. The average Bonchev–Trinajstić information content (AvgIpc) is 3.26. The predicted molar refractivity (Wildman–Crippen MR) is 85.5 cm³/mol. The molecular formula is C17H21N3O3. The van der Waals surface area contributed by atoms with Gasteiger partial charge in [0.15, 0.2) is 5.69 Å². The molecule has 2 heterocycles. The summed E-state index contributed by atoms with van der Waals surface area (Å²) in [6.45, 7) is 1.50. The number of oxazole rings is 1. The highest BCUT2D eigenvalue weighted by molar-refractivity contribution is 5.91. The third-order valence-electron chi connectivity index (χ3n) is 3.95. The highest BCUT2D eigenvalue weighted by Crippen LogP contribution is 2.22. The Morgan fingerprint density at radius 2 is 2.43 bits per heavy atom. The molecule has 122 valence electrons. The van der Waals surface area contributed by atoms with E-state index < -0.39 is 0 Å². The van der Waals surface area contributed by atoms with Gasteiger partial charge in [0.2, 0.25) is 5.89 Å². The fourth-order valence-electron chi connectivity index (χ4n) is 2.69. The maximum Gasteiger partial charge on any atom is 0.273 e. The lowest BCUT2D eigenvalue weighted by molar-refractivity contribution is 0.0949. The van der Waals surface area contributed by atoms with Crippen molar-refractivity contribution >= 4 is 5.91 Å². The molecule has 6 nitrogen and oxygen atoms in total. The molecule has 1 aromatic heterocycles. The molecule has 1 amide bonds. The lowest BCUT2D eigenvalue weighted by Gasteiger charge is -2.05. The topological polar surface area (TPSA) is 76.4 Å². The molecule has 1 unspecified atom stereocenters. The molecule has 0 aliphatic carbocycles. The van der Waals surface area contributed by atoms with Crippen LogP contribution in [0.5, 0.6) is 5.75 Å². The summed E-state index contributed by atoms with van der Waals surface area (Å²) in [4.78, 5) is 16.4. The Labute approximate surface area is 135 Å². The molecule has 0 bridgehead atoms. The number of nitrogens with one attached hydrogen (secondary N) is 2. The van der Waals surface area contributed by atoms with Crippen molar-refractivity contribution in [1.29, 1.82) is 0 Å². The fraction of sp³-hybridized carbons (Fsp3) is 0.412. The number of ether oxygens (including phenoxy) is 1. The molecule has 3 rings (SSSR count). The Morgan fingerprint density at radius 3 is 3.22 bits per heavy atom. The summed E-state index contributed by atoms with van der Waals surface area (Å²) in [5.41, 5.74) is 1.44. The normalized spacial score (nSPS) is 17.2. The van der Waals surface area contributed by atoms with E-state index in [0.717, 1.165) is 37.1 Å². The van der Waals surface area contributed by atoms with Crippen LogP contribution in [-0.2, 0) is 6.42 Å². The lowest BCUT2D eigenvalue weighted by Crippen LogP contribution is -2.26. The first-order valence-corrected chi connectivity index (χ1v) is 7.86. The molecule has 23 heavy (non-hydrogen) atoms. The number of methoxy groups -OCH3 is 1. The van der Waals surface area contributed by atoms with Crippen molar-refractivity contribution in [3.05, 3.63) is 47.7 Å². The number of rotatable bonds is 6. The van der Waals surface area contributed by atoms with E-state index in [4.69, 9.17) is 9.15 Å². The van der Waals surface area contributed by atoms with Crippen LogP contribution in [0, 0.1) is 0 Å². The van der Waals surface area contributed by atoms with Crippen LogP contribution in [0.3, 0.4) is 0 Å². The molecule has 6 heteroatoms. The van der Waals surface area contributed by atoms with E-state index in [0.29, 0.717) is 18.1 Å². The molecule has 0 saturated carbocycles. The Hall–Kier alpha value is -2.34. The molecule has 2 N–H and O–H groups in total. The lowest BCUT2D eigenvalue weighted by atomic mass is 10.1. The Kier molecular flexibility index (Phi) is 4.92. The summed E-state index contributed by atoms with van der Waals surface area (Å²) >= 11 is 0. The number of hydrogen-bond acceptors (Lipinski definition) is 5. The predicted octanol–water partition coefficient (Wildman–Crippen LogP) is 2.08. The quantitative estimate of drug-likeness (QED) is 0.853. The maximum atomic E-state index is 12.1. The van der Waals surface area contributed by atoms with Gasteiger partial charge >= 0.3 is 0 Å². The highest BCUT2D eigenvalue weighted by Gasteiger charge is 2.22. The van der Waals surface area contributed by atoms with Gasteiger partial charge in [0.1, 0.15) is 12.0 Å². The number of nitrogens with zero attached hydrogens (tertiary/aromatic N) is 1. The number of carbonyl (C=O) groups excluding carboxylic acids is 1. The van der Waals surface area contributed by atoms with Crippen molar-refractivity contribution in [1.82, 2.24) is 15.6 Å². The highest BCUT2D eigenvalue weighted by atomic mass is 16.5. The zero-order chi connectivity index (χ0) is 16.1. The molecule has 1 atom stereocenters. The zero-order valence-electron chi connectivity index (χ0n) is 13.2. The summed E-state index contributed by atoms with van der Waals surface area (Å²) in [5.74, 6) is 1.21. The van der Waals surface area contributed by atoms with E-state index in [-0.39, 0.29) is 11.9 Å². The summed E-state index contributed by atoms with van der Waals surface area (Å²) in [7, 11) is 1.64. The van der Waals surface area contributed by atoms with Crippen LogP contribution in [0.2, 0.25) is 0 Å². The average molecular weight is 315 g/mol. The van der Waals surface area contributed by atoms with Crippen molar-refractivity contribution < 1.29 is 13.9 Å². The first-order valence-electron chi connectivity index (χ1n) is 7.86. The molecule has 1 fully saturated rings. The van der Waals surface area contributed by atoms with Gasteiger partial charge in [-0.15, -0.1) is 0 Å². The Balaban J connectivity index is 1.51. The van der Waals surface area contributed by atoms with Crippen LogP contribution in [0.1, 0.15) is 40.8 Å². The Morgan fingerprint density at radius 1 is 1.52 bits per heavy atom. The van der Waals surface area contributed by atoms with E-state index in [1.54, 1.807) is 7.11 Å². The van der Waals surface area contributed by atoms with Crippen molar-refractivity contribution in [2.24, 2.45) is 0 Å². The first kappa shape index (κ1) is 15.6. The van der Waals surface area contributed by atoms with Gasteiger partial charge in [0, 0.05) is 6.54 Å². The van der Waals surface area contributed by atoms with Gasteiger partial charge in [0.25, 0.3) is 5.91 Å². The minimum absolute atomic E-state index is 0.133. The van der Waals surface area contributed by atoms with Gasteiger partial charge in [-0.2, -0.15) is 0 Å². The summed E-state index contributed by atoms with van der Waals surface area (Å²) in [5, 5.41) is 6.17. The van der Waals surface area contributed by atoms with E-state index in [1.807, 2.05) is 24.3 Å². The summed E-state index contributed by atoms with van der Waals surface area (Å²) in [6, 6.07) is 7.94. The summed E-state index contributed by atoms with van der Waals surface area (Å²) < 4.78 is 10.6. The first-order chi connectivity index (χ1) is 11.3. The molecule has 0 radical (unpaired) electrons. The van der Waals surface area contributed by atoms with Crippen molar-refractivity contribution in [2.45, 2.75) is 25.3 Å². The minimum Gasteiger partial charge on any atom is -0.497 e. The number of aromatic nitrogens is 1. The van der Waals surface area contributed by atoms with E-state index in [9.17, 15) is 4.79 Å². The van der Waals surface area contributed by atoms with E-state index >= 15 is 0 Å². The molecule has 2 aromatic rings. The van der Waals surface area contributed by atoms with Crippen molar-refractivity contribution in [3.8, 4) is 5.75 Å². The van der Waals surface area contributed by atoms with Crippen LogP contribution >= 0.6 is 0 Å². The van der Waals surface area contributed by atoms with Crippen LogP contribution < -0.4 is 15.4 Å². The maximum absolute atomic E-state index is 12.1. The molecule has 0 spiro atoms. The van der Waals surface area contributed by atoms with E-state index in [1.165, 1.54) is 6.26 Å². The van der Waals surface area contributed by atoms with Crippen molar-refractivity contribution in [3.63, 3.8) is 0 Å². The van der Waals surface area contributed by atoms with Gasteiger partial charge in [-0.3, -0.25) is 4.79 Å². The van der Waals surface area contributed by atoms with Crippen LogP contribution in [-0.4, -0.2) is 31.1 Å². The van der Waals surface area contributed by atoms with Crippen molar-refractivity contribution in [2.75, 3.05) is 20.2 Å². The Bertz CT molecular complexity index is 663. The van der Waals surface area contributed by atoms with Crippen LogP contribution in [0.4, 0.5) is 0 Å². The van der Waals surface area contributed by atoms with E-state index in [2.05, 4.69) is 15.6 Å².